The largest absolute Gasteiger partial charge is 0.484 e. The van der Waals surface area contributed by atoms with E-state index < -0.39 is 0 Å². The van der Waals surface area contributed by atoms with Crippen LogP contribution in [-0.2, 0) is 11.2 Å². The predicted octanol–water partition coefficient (Wildman–Crippen LogP) is 2.74. The molecule has 4 rings (SSSR count). The first kappa shape index (κ1) is 18.1. The van der Waals surface area contributed by atoms with Gasteiger partial charge in [-0.1, -0.05) is 5.16 Å². The fourth-order valence-corrected chi connectivity index (χ4v) is 3.20. The Morgan fingerprint density at radius 2 is 2.00 bits per heavy atom. The number of pyridine rings is 1. The van der Waals surface area contributed by atoms with Gasteiger partial charge < -0.3 is 14.2 Å². The molecule has 3 heterocycles. The lowest BCUT2D eigenvalue weighted by Crippen LogP contribution is -2.33. The molecule has 7 nitrogen and oxygen atoms in total. The zero-order valence-electron chi connectivity index (χ0n) is 15.1. The van der Waals surface area contributed by atoms with Crippen LogP contribution in [0.5, 0.6) is 5.75 Å². The Morgan fingerprint density at radius 3 is 2.79 bits per heavy atom. The van der Waals surface area contributed by atoms with E-state index in [9.17, 15) is 9.18 Å². The Morgan fingerprint density at radius 1 is 1.21 bits per heavy atom. The summed E-state index contributed by atoms with van der Waals surface area (Å²) in [6.07, 6.45) is 4.87. The van der Waals surface area contributed by atoms with Crippen molar-refractivity contribution >= 4 is 5.91 Å². The molecule has 0 bridgehead atoms. The van der Waals surface area contributed by atoms with Crippen LogP contribution in [0, 0.1) is 11.7 Å². The lowest BCUT2D eigenvalue weighted by atomic mass is 10.1. The van der Waals surface area contributed by atoms with Gasteiger partial charge in [0.1, 0.15) is 11.6 Å². The molecule has 0 saturated carbocycles. The van der Waals surface area contributed by atoms with E-state index in [2.05, 4.69) is 15.1 Å². The van der Waals surface area contributed by atoms with Crippen molar-refractivity contribution in [1.29, 1.82) is 0 Å². The van der Waals surface area contributed by atoms with Gasteiger partial charge in [0.25, 0.3) is 11.8 Å². The van der Waals surface area contributed by atoms with Crippen LogP contribution in [0.15, 0.2) is 53.3 Å². The maximum Gasteiger partial charge on any atom is 0.260 e. The third-order valence-electron chi connectivity index (χ3n) is 4.68. The number of carbonyl (C=O) groups is 1. The Balaban J connectivity index is 1.27. The number of halogens is 1. The quantitative estimate of drug-likeness (QED) is 0.652. The Hall–Kier alpha value is -3.29. The van der Waals surface area contributed by atoms with E-state index in [0.717, 1.165) is 12.0 Å². The predicted molar refractivity (Wildman–Crippen MR) is 97.8 cm³/mol. The van der Waals surface area contributed by atoms with Gasteiger partial charge in [-0.05, 0) is 48.7 Å². The number of nitrogens with zero attached hydrogens (tertiary/aromatic N) is 4. The molecule has 1 saturated heterocycles. The number of aromatic nitrogens is 3. The molecule has 1 aliphatic heterocycles. The highest BCUT2D eigenvalue weighted by atomic mass is 19.1. The van der Waals surface area contributed by atoms with Crippen LogP contribution in [0.3, 0.4) is 0 Å². The Labute approximate surface area is 161 Å². The van der Waals surface area contributed by atoms with E-state index >= 15 is 0 Å². The molecule has 2 aromatic heterocycles. The number of hydrogen-bond acceptors (Lipinski definition) is 6. The van der Waals surface area contributed by atoms with Crippen LogP contribution < -0.4 is 4.74 Å². The standard InChI is InChI=1S/C20H19FN4O3/c21-16-1-3-17(4-2-16)27-13-19(26)25-10-7-14(12-25)11-18-23-20(28-24-18)15-5-8-22-9-6-15/h1-6,8-9,14H,7,10-13H2. The number of rotatable bonds is 6. The van der Waals surface area contributed by atoms with Crippen LogP contribution in [0.2, 0.25) is 0 Å². The van der Waals surface area contributed by atoms with Crippen molar-refractivity contribution in [2.24, 2.45) is 5.92 Å². The minimum Gasteiger partial charge on any atom is -0.484 e. The summed E-state index contributed by atoms with van der Waals surface area (Å²) in [6.45, 7) is 1.24. The number of hydrogen-bond donors (Lipinski definition) is 0. The Kier molecular flexibility index (Phi) is 5.27. The maximum atomic E-state index is 12.9. The van der Waals surface area contributed by atoms with Gasteiger partial charge in [-0.2, -0.15) is 4.98 Å². The molecule has 0 radical (unpaired) electrons. The van der Waals surface area contributed by atoms with E-state index in [1.54, 1.807) is 17.3 Å². The van der Waals surface area contributed by atoms with E-state index in [1.807, 2.05) is 12.1 Å². The van der Waals surface area contributed by atoms with Crippen LogP contribution in [0.1, 0.15) is 12.2 Å². The topological polar surface area (TPSA) is 81.4 Å². The first-order valence-electron chi connectivity index (χ1n) is 9.06. The van der Waals surface area contributed by atoms with Crippen molar-refractivity contribution in [1.82, 2.24) is 20.0 Å². The van der Waals surface area contributed by atoms with Crippen LogP contribution in [-0.4, -0.2) is 45.6 Å². The molecule has 1 unspecified atom stereocenters. The second kappa shape index (κ2) is 8.16. The summed E-state index contributed by atoms with van der Waals surface area (Å²) in [4.78, 5) is 22.5. The van der Waals surface area contributed by atoms with Crippen molar-refractivity contribution in [3.05, 3.63) is 60.4 Å². The molecule has 1 amide bonds. The molecule has 1 aliphatic rings. The van der Waals surface area contributed by atoms with E-state index in [4.69, 9.17) is 9.26 Å². The van der Waals surface area contributed by atoms with Gasteiger partial charge in [0.05, 0.1) is 0 Å². The van der Waals surface area contributed by atoms with Gasteiger partial charge in [0.2, 0.25) is 0 Å². The first-order chi connectivity index (χ1) is 13.7. The minimum absolute atomic E-state index is 0.0627. The summed E-state index contributed by atoms with van der Waals surface area (Å²) in [5.41, 5.74) is 0.829. The van der Waals surface area contributed by atoms with E-state index in [0.29, 0.717) is 37.0 Å². The van der Waals surface area contributed by atoms with Crippen LogP contribution >= 0.6 is 0 Å². The highest BCUT2D eigenvalue weighted by Gasteiger charge is 2.28. The van der Waals surface area contributed by atoms with Gasteiger partial charge in [-0.25, -0.2) is 4.39 Å². The molecule has 28 heavy (non-hydrogen) atoms. The van der Waals surface area contributed by atoms with Gasteiger partial charge >= 0.3 is 0 Å². The molecular weight excluding hydrogens is 363 g/mol. The fraction of sp³-hybridized carbons (Fsp3) is 0.300. The number of amides is 1. The van der Waals surface area contributed by atoms with Crippen molar-refractivity contribution < 1.29 is 18.4 Å². The lowest BCUT2D eigenvalue weighted by molar-refractivity contribution is -0.132. The molecule has 1 aromatic carbocycles. The van der Waals surface area contributed by atoms with Gasteiger partial charge in [0.15, 0.2) is 12.4 Å². The summed E-state index contributed by atoms with van der Waals surface area (Å²) in [5.74, 6) is 1.43. The third-order valence-corrected chi connectivity index (χ3v) is 4.68. The molecule has 0 aliphatic carbocycles. The second-order valence-electron chi connectivity index (χ2n) is 6.69. The number of carbonyl (C=O) groups excluding carboxylic acids is 1. The van der Waals surface area contributed by atoms with E-state index in [-0.39, 0.29) is 24.2 Å². The normalized spacial score (nSPS) is 16.3. The number of ether oxygens (including phenoxy) is 1. The molecule has 1 atom stereocenters. The summed E-state index contributed by atoms with van der Waals surface area (Å²) >= 11 is 0. The molecular formula is C20H19FN4O3. The van der Waals surface area contributed by atoms with E-state index in [1.165, 1.54) is 24.3 Å². The highest BCUT2D eigenvalue weighted by molar-refractivity contribution is 5.78. The van der Waals surface area contributed by atoms with Gasteiger partial charge in [-0.3, -0.25) is 9.78 Å². The smallest absolute Gasteiger partial charge is 0.260 e. The molecule has 144 valence electrons. The monoisotopic (exact) mass is 382 g/mol. The Bertz CT molecular complexity index is 930. The molecule has 1 fully saturated rings. The SMILES string of the molecule is O=C(COc1ccc(F)cc1)N1CCC(Cc2noc(-c3ccncc3)n2)C1. The van der Waals surface area contributed by atoms with Gasteiger partial charge in [-0.15, -0.1) is 0 Å². The van der Waals surface area contributed by atoms with Crippen molar-refractivity contribution in [3.8, 4) is 17.2 Å². The summed E-state index contributed by atoms with van der Waals surface area (Å²) in [6, 6.07) is 9.24. The molecule has 3 aromatic rings. The summed E-state index contributed by atoms with van der Waals surface area (Å²) in [5, 5.41) is 4.04. The number of likely N-dealkylation sites (tertiary alicyclic amines) is 1. The van der Waals surface area contributed by atoms with Crippen LogP contribution in [0.4, 0.5) is 4.39 Å². The molecule has 0 spiro atoms. The fourth-order valence-electron chi connectivity index (χ4n) is 3.20. The zero-order chi connectivity index (χ0) is 19.3. The van der Waals surface area contributed by atoms with Crippen molar-refractivity contribution in [2.45, 2.75) is 12.8 Å². The third kappa shape index (κ3) is 4.33. The average Bonchev–Trinajstić information content (AvgIpc) is 3.38. The average molecular weight is 382 g/mol. The summed E-state index contributed by atoms with van der Waals surface area (Å²) in [7, 11) is 0. The minimum atomic E-state index is -0.338. The second-order valence-corrected chi connectivity index (χ2v) is 6.69. The van der Waals surface area contributed by atoms with Gasteiger partial charge in [0, 0.05) is 37.5 Å². The maximum absolute atomic E-state index is 12.9. The summed E-state index contributed by atoms with van der Waals surface area (Å²) < 4.78 is 23.7. The zero-order valence-corrected chi connectivity index (χ0v) is 15.1. The molecule has 8 heteroatoms. The van der Waals surface area contributed by atoms with Crippen molar-refractivity contribution in [2.75, 3.05) is 19.7 Å². The lowest BCUT2D eigenvalue weighted by Gasteiger charge is -2.16. The van der Waals surface area contributed by atoms with Crippen molar-refractivity contribution in [3.63, 3.8) is 0 Å². The highest BCUT2D eigenvalue weighted by Crippen LogP contribution is 2.22. The van der Waals surface area contributed by atoms with Crippen LogP contribution in [0.25, 0.3) is 11.5 Å². The number of benzene rings is 1. The molecule has 0 N–H and O–H groups in total. The first-order valence-corrected chi connectivity index (χ1v) is 9.06.